The molecule has 1 aliphatic heterocycles. The minimum absolute atomic E-state index is 0.0113. The SMILES string of the molecule is CCC[N+]1(C)C(=O)NC(=O)c2nc(-c3ccccc3)[nH]c21. The first-order valence-corrected chi connectivity index (χ1v) is 6.93. The van der Waals surface area contributed by atoms with E-state index in [1.165, 1.54) is 0 Å². The number of imidazole rings is 1. The lowest BCUT2D eigenvalue weighted by Crippen LogP contribution is -2.61. The van der Waals surface area contributed by atoms with E-state index in [0.717, 1.165) is 12.0 Å². The molecule has 1 aliphatic rings. The molecule has 1 aromatic heterocycles. The predicted octanol–water partition coefficient (Wildman–Crippen LogP) is 2.29. The lowest BCUT2D eigenvalue weighted by Gasteiger charge is -2.31. The lowest BCUT2D eigenvalue weighted by atomic mass is 10.2. The van der Waals surface area contributed by atoms with Gasteiger partial charge >= 0.3 is 6.03 Å². The number of carbonyl (C=O) groups is 2. The molecule has 2 N–H and O–H groups in total. The highest BCUT2D eigenvalue weighted by molar-refractivity contribution is 6.13. The Bertz CT molecular complexity index is 708. The summed E-state index contributed by atoms with van der Waals surface area (Å²) in [6, 6.07) is 9.23. The summed E-state index contributed by atoms with van der Waals surface area (Å²) in [7, 11) is 1.79. The Morgan fingerprint density at radius 2 is 1.90 bits per heavy atom. The van der Waals surface area contributed by atoms with Gasteiger partial charge in [-0.1, -0.05) is 37.3 Å². The van der Waals surface area contributed by atoms with Gasteiger partial charge in [0.1, 0.15) is 5.82 Å². The molecule has 1 aromatic carbocycles. The van der Waals surface area contributed by atoms with Crippen LogP contribution in [0.2, 0.25) is 0 Å². The third kappa shape index (κ3) is 2.04. The molecule has 0 radical (unpaired) electrons. The quantitative estimate of drug-likeness (QED) is 0.850. The highest BCUT2D eigenvalue weighted by Crippen LogP contribution is 2.31. The third-order valence-electron chi connectivity index (χ3n) is 3.78. The van der Waals surface area contributed by atoms with Crippen LogP contribution in [0.25, 0.3) is 11.4 Å². The molecule has 108 valence electrons. The molecule has 0 saturated heterocycles. The summed E-state index contributed by atoms with van der Waals surface area (Å²) in [5, 5.41) is 2.39. The van der Waals surface area contributed by atoms with Gasteiger partial charge in [0, 0.05) is 5.56 Å². The Hall–Kier alpha value is -2.47. The van der Waals surface area contributed by atoms with Crippen molar-refractivity contribution in [3.05, 3.63) is 36.0 Å². The number of rotatable bonds is 3. The zero-order valence-corrected chi connectivity index (χ0v) is 12.0. The lowest BCUT2D eigenvalue weighted by molar-refractivity contribution is 0.0934. The van der Waals surface area contributed by atoms with Crippen molar-refractivity contribution in [3.63, 3.8) is 0 Å². The minimum atomic E-state index is -0.444. The summed E-state index contributed by atoms with van der Waals surface area (Å²) in [5.74, 6) is 0.718. The molecule has 0 spiro atoms. The summed E-state index contributed by atoms with van der Waals surface area (Å²) in [6.07, 6.45) is 0.817. The number of nitrogens with one attached hydrogen (secondary N) is 2. The maximum absolute atomic E-state index is 12.2. The number of nitrogens with zero attached hydrogens (tertiary/aromatic N) is 2. The molecule has 6 nitrogen and oxygen atoms in total. The highest BCUT2D eigenvalue weighted by atomic mass is 16.2. The van der Waals surface area contributed by atoms with Crippen molar-refractivity contribution < 1.29 is 9.59 Å². The van der Waals surface area contributed by atoms with E-state index in [1.54, 1.807) is 7.05 Å². The van der Waals surface area contributed by atoms with Crippen LogP contribution >= 0.6 is 0 Å². The van der Waals surface area contributed by atoms with Crippen molar-refractivity contribution in [2.24, 2.45) is 0 Å². The molecule has 3 rings (SSSR count). The van der Waals surface area contributed by atoms with Crippen LogP contribution in [0.1, 0.15) is 23.8 Å². The molecule has 1 unspecified atom stereocenters. The number of imide groups is 1. The van der Waals surface area contributed by atoms with Gasteiger partial charge < -0.3 is 0 Å². The first-order chi connectivity index (χ1) is 10.1. The monoisotopic (exact) mass is 285 g/mol. The van der Waals surface area contributed by atoms with E-state index in [1.807, 2.05) is 37.3 Å². The molecular formula is C15H17N4O2+. The van der Waals surface area contributed by atoms with Crippen LogP contribution in [0.4, 0.5) is 10.6 Å². The smallest absolute Gasteiger partial charge is 0.292 e. The van der Waals surface area contributed by atoms with Gasteiger partial charge in [-0.3, -0.25) is 9.78 Å². The van der Waals surface area contributed by atoms with Gasteiger partial charge in [0.25, 0.3) is 5.91 Å². The Morgan fingerprint density at radius 3 is 2.57 bits per heavy atom. The summed E-state index contributed by atoms with van der Waals surface area (Å²) in [5.41, 5.74) is 1.18. The van der Waals surface area contributed by atoms with Crippen molar-refractivity contribution >= 4 is 17.8 Å². The minimum Gasteiger partial charge on any atom is -0.292 e. The van der Waals surface area contributed by atoms with E-state index in [-0.39, 0.29) is 10.5 Å². The van der Waals surface area contributed by atoms with Gasteiger partial charge in [0.05, 0.1) is 13.6 Å². The number of fused-ring (bicyclic) bond motifs is 1. The summed E-state index contributed by atoms with van der Waals surface area (Å²) < 4.78 is 0.0113. The summed E-state index contributed by atoms with van der Waals surface area (Å²) >= 11 is 0. The fourth-order valence-corrected chi connectivity index (χ4v) is 2.65. The van der Waals surface area contributed by atoms with Gasteiger partial charge in [-0.25, -0.2) is 15.1 Å². The third-order valence-corrected chi connectivity index (χ3v) is 3.78. The molecule has 1 atom stereocenters. The number of hydrogen-bond acceptors (Lipinski definition) is 3. The predicted molar refractivity (Wildman–Crippen MR) is 79.8 cm³/mol. The van der Waals surface area contributed by atoms with E-state index in [4.69, 9.17) is 0 Å². The zero-order valence-electron chi connectivity index (χ0n) is 12.0. The van der Waals surface area contributed by atoms with Crippen LogP contribution in [0.5, 0.6) is 0 Å². The normalized spacial score (nSPS) is 21.0. The zero-order chi connectivity index (χ0) is 15.0. The maximum atomic E-state index is 12.2. The molecule has 0 fully saturated rings. The van der Waals surface area contributed by atoms with Gasteiger partial charge in [0.15, 0.2) is 0 Å². The molecule has 2 aromatic rings. The van der Waals surface area contributed by atoms with Crippen LogP contribution in [-0.4, -0.2) is 35.5 Å². The number of aromatic amines is 1. The first kappa shape index (κ1) is 13.5. The Balaban J connectivity index is 2.15. The van der Waals surface area contributed by atoms with E-state index < -0.39 is 5.91 Å². The van der Waals surface area contributed by atoms with Crippen LogP contribution < -0.4 is 9.80 Å². The van der Waals surface area contributed by atoms with Crippen molar-refractivity contribution in [1.29, 1.82) is 0 Å². The van der Waals surface area contributed by atoms with Crippen LogP contribution in [0.15, 0.2) is 30.3 Å². The Morgan fingerprint density at radius 1 is 1.19 bits per heavy atom. The molecule has 0 aliphatic carbocycles. The maximum Gasteiger partial charge on any atom is 0.429 e. The average Bonchev–Trinajstić information content (AvgIpc) is 2.93. The molecule has 0 saturated carbocycles. The fraction of sp³-hybridized carbons (Fsp3) is 0.267. The van der Waals surface area contributed by atoms with E-state index in [2.05, 4.69) is 15.3 Å². The molecule has 3 amide bonds. The van der Waals surface area contributed by atoms with Crippen molar-refractivity contribution in [1.82, 2.24) is 19.8 Å². The van der Waals surface area contributed by atoms with Gasteiger partial charge in [-0.15, -0.1) is 0 Å². The number of urea groups is 1. The summed E-state index contributed by atoms with van der Waals surface area (Å²) in [6.45, 7) is 2.60. The van der Waals surface area contributed by atoms with E-state index in [9.17, 15) is 9.59 Å². The Kier molecular flexibility index (Phi) is 3.10. The number of hydrogen-bond donors (Lipinski definition) is 2. The first-order valence-electron chi connectivity index (χ1n) is 6.93. The fourth-order valence-electron chi connectivity index (χ4n) is 2.65. The van der Waals surface area contributed by atoms with Crippen molar-refractivity contribution in [2.45, 2.75) is 13.3 Å². The van der Waals surface area contributed by atoms with Gasteiger partial charge in [0.2, 0.25) is 11.5 Å². The molecule has 6 heteroatoms. The number of carbonyl (C=O) groups excluding carboxylic acids is 2. The Labute approximate surface area is 122 Å². The molecule has 2 heterocycles. The second-order valence-electron chi connectivity index (χ2n) is 5.32. The highest BCUT2D eigenvalue weighted by Gasteiger charge is 2.46. The van der Waals surface area contributed by atoms with Crippen molar-refractivity contribution in [3.8, 4) is 11.4 Å². The van der Waals surface area contributed by atoms with E-state index in [0.29, 0.717) is 23.9 Å². The second-order valence-corrected chi connectivity index (χ2v) is 5.32. The van der Waals surface area contributed by atoms with Gasteiger partial charge in [-0.2, -0.15) is 4.48 Å². The largest absolute Gasteiger partial charge is 0.429 e. The number of aromatic nitrogens is 2. The molecule has 0 bridgehead atoms. The second kappa shape index (κ2) is 4.82. The van der Waals surface area contributed by atoms with Crippen LogP contribution in [-0.2, 0) is 0 Å². The number of quaternary nitrogens is 1. The van der Waals surface area contributed by atoms with Gasteiger partial charge in [-0.05, 0) is 6.42 Å². The topological polar surface area (TPSA) is 74.8 Å². The summed E-state index contributed by atoms with van der Waals surface area (Å²) in [4.78, 5) is 31.8. The average molecular weight is 285 g/mol. The van der Waals surface area contributed by atoms with Crippen LogP contribution in [0.3, 0.4) is 0 Å². The standard InChI is InChI=1S/C15H16N4O2/c1-3-9-19(2)13-11(14(20)18-15(19)21)16-12(17-13)10-7-5-4-6-8-10/h4-8H,3,9H2,1-2H3,(H-,16,17,18,20,21)/p+1. The van der Waals surface area contributed by atoms with Crippen LogP contribution in [0, 0.1) is 0 Å². The number of H-pyrrole nitrogens is 1. The molecular weight excluding hydrogens is 268 g/mol. The van der Waals surface area contributed by atoms with E-state index >= 15 is 0 Å². The number of amides is 3. The number of benzene rings is 1. The van der Waals surface area contributed by atoms with Crippen molar-refractivity contribution in [2.75, 3.05) is 13.6 Å². The molecule has 21 heavy (non-hydrogen) atoms.